The Morgan fingerprint density at radius 2 is 2.32 bits per heavy atom. The Morgan fingerprint density at radius 3 is 3.11 bits per heavy atom. The Morgan fingerprint density at radius 1 is 1.47 bits per heavy atom. The molecule has 1 aliphatic carbocycles. The van der Waals surface area contributed by atoms with Crippen LogP contribution < -0.4 is 10.6 Å². The number of aromatic nitrogens is 1. The maximum atomic E-state index is 11.8. The molecule has 1 aromatic heterocycles. The van der Waals surface area contributed by atoms with Gasteiger partial charge in [0.15, 0.2) is 5.13 Å². The number of aryl methyl sites for hydroxylation is 1. The molecule has 1 heterocycles. The summed E-state index contributed by atoms with van der Waals surface area (Å²) in [5, 5.41) is 6.89. The molecule has 3 rings (SSSR count). The lowest BCUT2D eigenvalue weighted by atomic mass is 10.2. The number of hydrogen-bond donors (Lipinski definition) is 2. The van der Waals surface area contributed by atoms with Gasteiger partial charge in [0.1, 0.15) is 0 Å². The van der Waals surface area contributed by atoms with Gasteiger partial charge in [-0.25, -0.2) is 4.98 Å². The summed E-state index contributed by atoms with van der Waals surface area (Å²) < 4.78 is 1.12. The quantitative estimate of drug-likeness (QED) is 0.882. The number of carbonyl (C=O) groups is 1. The van der Waals surface area contributed by atoms with E-state index in [2.05, 4.69) is 28.6 Å². The van der Waals surface area contributed by atoms with Crippen LogP contribution in [-0.4, -0.2) is 23.5 Å². The summed E-state index contributed by atoms with van der Waals surface area (Å²) in [6.45, 7) is 2.81. The fraction of sp³-hybridized carbons (Fsp3) is 0.429. The monoisotopic (exact) mass is 275 g/mol. The van der Waals surface area contributed by atoms with E-state index in [9.17, 15) is 4.79 Å². The van der Waals surface area contributed by atoms with Crippen LogP contribution in [0.2, 0.25) is 0 Å². The summed E-state index contributed by atoms with van der Waals surface area (Å²) in [7, 11) is 0. The first-order valence-electron chi connectivity index (χ1n) is 6.61. The molecule has 4 nitrogen and oxygen atoms in total. The van der Waals surface area contributed by atoms with Gasteiger partial charge in [-0.15, -0.1) is 0 Å². The maximum absolute atomic E-state index is 11.8. The predicted molar refractivity (Wildman–Crippen MR) is 78.6 cm³/mol. The molecule has 5 heteroatoms. The highest BCUT2D eigenvalue weighted by molar-refractivity contribution is 7.22. The fourth-order valence-electron chi connectivity index (χ4n) is 1.94. The number of fused-ring (bicyclic) bond motifs is 1. The number of anilines is 1. The highest BCUT2D eigenvalue weighted by atomic mass is 32.1. The van der Waals surface area contributed by atoms with Gasteiger partial charge >= 0.3 is 0 Å². The molecule has 1 saturated carbocycles. The first kappa shape index (κ1) is 12.6. The van der Waals surface area contributed by atoms with Crippen LogP contribution in [0.15, 0.2) is 18.2 Å². The average Bonchev–Trinajstić information content (AvgIpc) is 3.09. The van der Waals surface area contributed by atoms with Crippen molar-refractivity contribution in [3.8, 4) is 0 Å². The van der Waals surface area contributed by atoms with E-state index in [0.29, 0.717) is 17.6 Å². The Hall–Kier alpha value is -1.46. The van der Waals surface area contributed by atoms with Gasteiger partial charge in [-0.3, -0.25) is 4.79 Å². The minimum Gasteiger partial charge on any atom is -0.313 e. The second-order valence-corrected chi connectivity index (χ2v) is 6.05. The summed E-state index contributed by atoms with van der Waals surface area (Å²) in [6.07, 6.45) is 3.00. The van der Waals surface area contributed by atoms with E-state index < -0.39 is 0 Å². The topological polar surface area (TPSA) is 54.0 Å². The molecular weight excluding hydrogens is 258 g/mol. The van der Waals surface area contributed by atoms with Crippen LogP contribution in [0.25, 0.3) is 10.2 Å². The third-order valence-electron chi connectivity index (χ3n) is 3.15. The summed E-state index contributed by atoms with van der Waals surface area (Å²) in [4.78, 5) is 16.2. The number of benzene rings is 1. The fourth-order valence-corrected chi connectivity index (χ4v) is 2.92. The molecule has 0 spiro atoms. The van der Waals surface area contributed by atoms with E-state index in [1.807, 2.05) is 12.1 Å². The van der Waals surface area contributed by atoms with Crippen molar-refractivity contribution in [3.05, 3.63) is 23.8 Å². The number of carbonyl (C=O) groups excluding carboxylic acids is 1. The van der Waals surface area contributed by atoms with Gasteiger partial charge in [-0.2, -0.15) is 0 Å². The third-order valence-corrected chi connectivity index (χ3v) is 4.09. The number of thiazole rings is 1. The molecule has 100 valence electrons. The number of rotatable bonds is 5. The van der Waals surface area contributed by atoms with Crippen LogP contribution in [0, 0.1) is 6.92 Å². The zero-order valence-electron chi connectivity index (χ0n) is 10.9. The second kappa shape index (κ2) is 5.27. The van der Waals surface area contributed by atoms with Crippen molar-refractivity contribution < 1.29 is 4.79 Å². The van der Waals surface area contributed by atoms with Gasteiger partial charge in [-0.1, -0.05) is 17.4 Å². The van der Waals surface area contributed by atoms with Crippen molar-refractivity contribution in [1.29, 1.82) is 0 Å². The molecule has 1 aromatic carbocycles. The van der Waals surface area contributed by atoms with E-state index in [-0.39, 0.29) is 5.91 Å². The zero-order chi connectivity index (χ0) is 13.2. The Labute approximate surface area is 116 Å². The molecule has 0 saturated heterocycles. The van der Waals surface area contributed by atoms with Crippen molar-refractivity contribution in [2.75, 3.05) is 11.9 Å². The van der Waals surface area contributed by atoms with Crippen molar-refractivity contribution in [3.63, 3.8) is 0 Å². The van der Waals surface area contributed by atoms with Gasteiger partial charge in [0.2, 0.25) is 5.91 Å². The van der Waals surface area contributed by atoms with Gasteiger partial charge < -0.3 is 10.6 Å². The molecular formula is C14H17N3OS. The summed E-state index contributed by atoms with van der Waals surface area (Å²) >= 11 is 1.53. The summed E-state index contributed by atoms with van der Waals surface area (Å²) in [5.41, 5.74) is 2.16. The molecule has 19 heavy (non-hydrogen) atoms. The molecule has 2 aromatic rings. The normalized spacial score (nSPS) is 14.8. The highest BCUT2D eigenvalue weighted by Gasteiger charge is 2.20. The molecule has 2 N–H and O–H groups in total. The van der Waals surface area contributed by atoms with Crippen LogP contribution in [0.1, 0.15) is 24.8 Å². The number of amides is 1. The van der Waals surface area contributed by atoms with Gasteiger partial charge in [0, 0.05) is 19.0 Å². The molecule has 0 bridgehead atoms. The van der Waals surface area contributed by atoms with Crippen molar-refractivity contribution in [2.24, 2.45) is 0 Å². The molecule has 0 unspecified atom stereocenters. The van der Waals surface area contributed by atoms with Gasteiger partial charge in [0.25, 0.3) is 0 Å². The first-order chi connectivity index (χ1) is 9.20. The van der Waals surface area contributed by atoms with Crippen LogP contribution >= 0.6 is 11.3 Å². The molecule has 0 radical (unpaired) electrons. The lowest BCUT2D eigenvalue weighted by molar-refractivity contribution is -0.116. The highest BCUT2D eigenvalue weighted by Crippen LogP contribution is 2.26. The summed E-state index contributed by atoms with van der Waals surface area (Å²) in [5.74, 6) is 0.0314. The van der Waals surface area contributed by atoms with Crippen LogP contribution in [0.3, 0.4) is 0 Å². The van der Waals surface area contributed by atoms with E-state index in [1.54, 1.807) is 0 Å². The van der Waals surface area contributed by atoms with Crippen LogP contribution in [0.5, 0.6) is 0 Å². The predicted octanol–water partition coefficient (Wildman–Crippen LogP) is 2.69. The molecule has 1 amide bonds. The maximum Gasteiger partial charge on any atom is 0.227 e. The number of nitrogens with zero attached hydrogens (tertiary/aromatic N) is 1. The average molecular weight is 275 g/mol. The van der Waals surface area contributed by atoms with Crippen molar-refractivity contribution >= 4 is 32.6 Å². The van der Waals surface area contributed by atoms with Crippen molar-refractivity contribution in [2.45, 2.75) is 32.2 Å². The standard InChI is InChI=1S/C14H17N3OS/c1-9-2-5-11-12(8-9)19-14(16-11)17-13(18)6-7-15-10-3-4-10/h2,5,8,10,15H,3-4,6-7H2,1H3,(H,16,17,18). The Kier molecular flexibility index (Phi) is 3.48. The van der Waals surface area contributed by atoms with E-state index in [0.717, 1.165) is 16.8 Å². The second-order valence-electron chi connectivity index (χ2n) is 5.02. The smallest absolute Gasteiger partial charge is 0.227 e. The van der Waals surface area contributed by atoms with Crippen LogP contribution in [0.4, 0.5) is 5.13 Å². The molecule has 1 fully saturated rings. The number of hydrogen-bond acceptors (Lipinski definition) is 4. The minimum absolute atomic E-state index is 0.0314. The van der Waals surface area contributed by atoms with Crippen LogP contribution in [-0.2, 0) is 4.79 Å². The van der Waals surface area contributed by atoms with Gasteiger partial charge in [-0.05, 0) is 37.5 Å². The largest absolute Gasteiger partial charge is 0.313 e. The zero-order valence-corrected chi connectivity index (χ0v) is 11.7. The first-order valence-corrected chi connectivity index (χ1v) is 7.43. The van der Waals surface area contributed by atoms with E-state index in [1.165, 1.54) is 29.7 Å². The molecule has 0 atom stereocenters. The third kappa shape index (κ3) is 3.30. The number of nitrogens with one attached hydrogen (secondary N) is 2. The minimum atomic E-state index is 0.0314. The summed E-state index contributed by atoms with van der Waals surface area (Å²) in [6, 6.07) is 6.77. The molecule has 1 aliphatic rings. The lowest BCUT2D eigenvalue weighted by Crippen LogP contribution is -2.23. The molecule has 0 aliphatic heterocycles. The van der Waals surface area contributed by atoms with E-state index >= 15 is 0 Å². The Balaban J connectivity index is 1.58. The SMILES string of the molecule is Cc1ccc2nc(NC(=O)CCNC3CC3)sc2c1. The van der Waals surface area contributed by atoms with E-state index in [4.69, 9.17) is 0 Å². The lowest BCUT2D eigenvalue weighted by Gasteiger charge is -2.02. The Bertz CT molecular complexity index is 604. The van der Waals surface area contributed by atoms with Gasteiger partial charge in [0.05, 0.1) is 10.2 Å². The van der Waals surface area contributed by atoms with Crippen molar-refractivity contribution in [1.82, 2.24) is 10.3 Å².